The summed E-state index contributed by atoms with van der Waals surface area (Å²) in [6, 6.07) is 3.31. The Balaban J connectivity index is 1.72. The second-order valence-corrected chi connectivity index (χ2v) is 7.07. The second kappa shape index (κ2) is 8.57. The van der Waals surface area contributed by atoms with E-state index in [2.05, 4.69) is 4.98 Å². The van der Waals surface area contributed by atoms with Crippen LogP contribution >= 0.6 is 11.6 Å². The van der Waals surface area contributed by atoms with Gasteiger partial charge in [0.15, 0.2) is 16.3 Å². The van der Waals surface area contributed by atoms with Crippen LogP contribution in [0.1, 0.15) is 41.4 Å². The van der Waals surface area contributed by atoms with Crippen LogP contribution in [0.25, 0.3) is 0 Å². The fraction of sp³-hybridized carbons (Fsp3) is 0.450. The molecule has 0 aliphatic heterocycles. The number of carbonyl (C=O) groups excluding carboxylic acids is 1. The van der Waals surface area contributed by atoms with E-state index >= 15 is 0 Å². The van der Waals surface area contributed by atoms with Gasteiger partial charge in [-0.2, -0.15) is 0 Å². The van der Waals surface area contributed by atoms with Gasteiger partial charge in [0.25, 0.3) is 0 Å². The van der Waals surface area contributed by atoms with Gasteiger partial charge < -0.3 is 14.0 Å². The van der Waals surface area contributed by atoms with Crippen molar-refractivity contribution in [3.63, 3.8) is 0 Å². The monoisotopic (exact) mass is 390 g/mol. The first-order valence-corrected chi connectivity index (χ1v) is 9.51. The summed E-state index contributed by atoms with van der Waals surface area (Å²) in [6.07, 6.45) is 6.27. The Kier molecular flexibility index (Phi) is 6.16. The van der Waals surface area contributed by atoms with E-state index in [9.17, 15) is 9.59 Å². The summed E-state index contributed by atoms with van der Waals surface area (Å²) in [5, 5.41) is 0.379. The van der Waals surface area contributed by atoms with Gasteiger partial charge in [0.1, 0.15) is 5.56 Å². The number of carbonyl (C=O) groups is 1. The van der Waals surface area contributed by atoms with E-state index in [-0.39, 0.29) is 17.6 Å². The van der Waals surface area contributed by atoms with Gasteiger partial charge in [-0.05, 0) is 50.7 Å². The van der Waals surface area contributed by atoms with Crippen LogP contribution in [-0.2, 0) is 17.7 Å². The van der Waals surface area contributed by atoms with Crippen molar-refractivity contribution in [2.24, 2.45) is 5.92 Å². The molecule has 0 N–H and O–H groups in total. The number of esters is 1. The molecule has 0 atom stereocenters. The molecular weight excluding hydrogens is 368 g/mol. The first-order valence-electron chi connectivity index (χ1n) is 9.14. The van der Waals surface area contributed by atoms with E-state index in [1.807, 2.05) is 13.0 Å². The third-order valence-corrected chi connectivity index (χ3v) is 4.79. The van der Waals surface area contributed by atoms with Crippen molar-refractivity contribution in [2.45, 2.75) is 39.7 Å². The minimum Gasteiger partial charge on any atom is -0.490 e. The lowest BCUT2D eigenvalue weighted by Gasteiger charge is -2.13. The molecule has 0 radical (unpaired) electrons. The zero-order valence-corrected chi connectivity index (χ0v) is 16.3. The van der Waals surface area contributed by atoms with Gasteiger partial charge in [-0.15, -0.1) is 0 Å². The SMILES string of the molecule is CCOC(=O)c1cn(CCc2cc(OCC3CC3)c(Cl)nc2C)ccc1=O. The minimum atomic E-state index is -0.600. The van der Waals surface area contributed by atoms with Crippen LogP contribution in [0.4, 0.5) is 0 Å². The molecule has 1 saturated carbocycles. The zero-order chi connectivity index (χ0) is 19.4. The molecule has 7 heteroatoms. The van der Waals surface area contributed by atoms with Gasteiger partial charge in [0.2, 0.25) is 0 Å². The third kappa shape index (κ3) is 5.10. The first-order chi connectivity index (χ1) is 13.0. The van der Waals surface area contributed by atoms with Crippen LogP contribution in [0, 0.1) is 12.8 Å². The molecular formula is C20H23ClN2O4. The lowest BCUT2D eigenvalue weighted by Crippen LogP contribution is -2.19. The molecule has 2 heterocycles. The number of aryl methyl sites for hydroxylation is 3. The van der Waals surface area contributed by atoms with E-state index in [0.29, 0.717) is 36.4 Å². The highest BCUT2D eigenvalue weighted by atomic mass is 35.5. The average Bonchev–Trinajstić information content (AvgIpc) is 3.46. The number of hydrogen-bond acceptors (Lipinski definition) is 5. The smallest absolute Gasteiger partial charge is 0.343 e. The Morgan fingerprint density at radius 1 is 1.41 bits per heavy atom. The first kappa shape index (κ1) is 19.4. The highest BCUT2D eigenvalue weighted by Gasteiger charge is 2.22. The molecule has 0 saturated heterocycles. The normalized spacial score (nSPS) is 13.4. The maximum absolute atomic E-state index is 11.9. The molecule has 1 fully saturated rings. The minimum absolute atomic E-state index is 0.0405. The number of nitrogens with zero attached hydrogens (tertiary/aromatic N) is 2. The predicted octanol–water partition coefficient (Wildman–Crippen LogP) is 3.41. The topological polar surface area (TPSA) is 70.4 Å². The standard InChI is InChI=1S/C20H23ClN2O4/c1-3-26-20(25)16-11-23(9-7-17(16)24)8-6-15-10-18(19(21)22-13(15)2)27-12-14-4-5-14/h7,9-11,14H,3-6,8,12H2,1-2H3. The Labute approximate surface area is 163 Å². The predicted molar refractivity (Wildman–Crippen MR) is 103 cm³/mol. The third-order valence-electron chi connectivity index (χ3n) is 4.52. The van der Waals surface area contributed by atoms with Crippen LogP contribution in [0.2, 0.25) is 5.15 Å². The molecule has 144 valence electrons. The van der Waals surface area contributed by atoms with E-state index in [1.54, 1.807) is 17.7 Å². The van der Waals surface area contributed by atoms with Gasteiger partial charge in [0.05, 0.1) is 13.2 Å². The van der Waals surface area contributed by atoms with Gasteiger partial charge in [-0.1, -0.05) is 11.6 Å². The fourth-order valence-electron chi connectivity index (χ4n) is 2.72. The highest BCUT2D eigenvalue weighted by Crippen LogP contribution is 2.32. The molecule has 3 rings (SSSR count). The van der Waals surface area contributed by atoms with Crippen LogP contribution in [0.3, 0.4) is 0 Å². The number of rotatable bonds is 8. The van der Waals surface area contributed by atoms with Crippen molar-refractivity contribution in [1.29, 1.82) is 0 Å². The molecule has 0 unspecified atom stereocenters. The lowest BCUT2D eigenvalue weighted by atomic mass is 10.1. The maximum Gasteiger partial charge on any atom is 0.343 e. The number of hydrogen-bond donors (Lipinski definition) is 0. The van der Waals surface area contributed by atoms with Crippen molar-refractivity contribution < 1.29 is 14.3 Å². The van der Waals surface area contributed by atoms with Gasteiger partial charge in [0, 0.05) is 30.7 Å². The van der Waals surface area contributed by atoms with Crippen molar-refractivity contribution in [3.8, 4) is 5.75 Å². The Bertz CT molecular complexity index is 890. The number of aromatic nitrogens is 2. The Morgan fingerprint density at radius 3 is 2.89 bits per heavy atom. The zero-order valence-electron chi connectivity index (χ0n) is 15.5. The summed E-state index contributed by atoms with van der Waals surface area (Å²) in [7, 11) is 0. The molecule has 0 amide bonds. The maximum atomic E-state index is 11.9. The van der Waals surface area contributed by atoms with E-state index in [4.69, 9.17) is 21.1 Å². The van der Waals surface area contributed by atoms with E-state index in [0.717, 1.165) is 11.3 Å². The fourth-order valence-corrected chi connectivity index (χ4v) is 2.96. The number of pyridine rings is 2. The summed E-state index contributed by atoms with van der Waals surface area (Å²) in [5.41, 5.74) is 1.55. The molecule has 6 nitrogen and oxygen atoms in total. The molecule has 0 aromatic carbocycles. The molecule has 1 aliphatic carbocycles. The summed E-state index contributed by atoms with van der Waals surface area (Å²) in [5.74, 6) is 0.640. The van der Waals surface area contributed by atoms with Gasteiger partial charge in [-0.25, -0.2) is 9.78 Å². The molecule has 27 heavy (non-hydrogen) atoms. The molecule has 2 aromatic rings. The van der Waals surface area contributed by atoms with E-state index < -0.39 is 5.97 Å². The Morgan fingerprint density at radius 2 is 2.19 bits per heavy atom. The van der Waals surface area contributed by atoms with Crippen LogP contribution in [-0.4, -0.2) is 28.7 Å². The molecule has 0 bridgehead atoms. The summed E-state index contributed by atoms with van der Waals surface area (Å²) >= 11 is 6.20. The quantitative estimate of drug-likeness (QED) is 0.510. The highest BCUT2D eigenvalue weighted by molar-refractivity contribution is 6.30. The molecule has 1 aliphatic rings. The lowest BCUT2D eigenvalue weighted by molar-refractivity contribution is 0.0524. The van der Waals surface area contributed by atoms with Crippen molar-refractivity contribution in [3.05, 3.63) is 56.7 Å². The number of halogens is 1. The van der Waals surface area contributed by atoms with E-state index in [1.165, 1.54) is 25.1 Å². The summed E-state index contributed by atoms with van der Waals surface area (Å²) < 4.78 is 12.5. The van der Waals surface area contributed by atoms with Crippen molar-refractivity contribution in [1.82, 2.24) is 9.55 Å². The summed E-state index contributed by atoms with van der Waals surface area (Å²) in [6.45, 7) is 5.09. The van der Waals surface area contributed by atoms with Crippen molar-refractivity contribution in [2.75, 3.05) is 13.2 Å². The van der Waals surface area contributed by atoms with Gasteiger partial charge >= 0.3 is 5.97 Å². The van der Waals surface area contributed by atoms with Crippen LogP contribution < -0.4 is 10.2 Å². The van der Waals surface area contributed by atoms with Crippen LogP contribution in [0.5, 0.6) is 5.75 Å². The second-order valence-electron chi connectivity index (χ2n) is 6.71. The largest absolute Gasteiger partial charge is 0.490 e. The summed E-state index contributed by atoms with van der Waals surface area (Å²) in [4.78, 5) is 28.1. The van der Waals surface area contributed by atoms with Gasteiger partial charge in [-0.3, -0.25) is 4.79 Å². The number of ether oxygens (including phenoxy) is 2. The molecule has 0 spiro atoms. The van der Waals surface area contributed by atoms with Crippen molar-refractivity contribution >= 4 is 17.6 Å². The Hall–Kier alpha value is -2.34. The average molecular weight is 391 g/mol. The van der Waals surface area contributed by atoms with Crippen LogP contribution in [0.15, 0.2) is 29.3 Å². The molecule has 2 aromatic heterocycles.